The van der Waals surface area contributed by atoms with Gasteiger partial charge in [-0.1, -0.05) is 32.0 Å². The van der Waals surface area contributed by atoms with Gasteiger partial charge in [0, 0.05) is 43.3 Å². The van der Waals surface area contributed by atoms with Crippen LogP contribution in [0.15, 0.2) is 34.6 Å². The first kappa shape index (κ1) is 22.9. The quantitative estimate of drug-likeness (QED) is 0.339. The molecule has 0 aliphatic carbocycles. The second-order valence-corrected chi connectivity index (χ2v) is 8.77. The van der Waals surface area contributed by atoms with Crippen molar-refractivity contribution in [2.75, 3.05) is 13.6 Å². The maximum absolute atomic E-state index is 6.12. The summed E-state index contributed by atoms with van der Waals surface area (Å²) in [5.41, 5.74) is 2.11. The second-order valence-electron chi connectivity index (χ2n) is 7.88. The number of para-hydroxylation sites is 1. The first-order valence-corrected chi connectivity index (χ1v) is 10.5. The number of hydrogen-bond acceptors (Lipinski definition) is 4. The Balaban J connectivity index is 0.00000280. The number of thiazole rings is 1. The summed E-state index contributed by atoms with van der Waals surface area (Å²) in [6.07, 6.45) is 1.77. The van der Waals surface area contributed by atoms with E-state index >= 15 is 0 Å². The summed E-state index contributed by atoms with van der Waals surface area (Å²) in [6, 6.07) is 8.40. The lowest BCUT2D eigenvalue weighted by Crippen LogP contribution is -2.45. The van der Waals surface area contributed by atoms with Gasteiger partial charge in [0.1, 0.15) is 11.4 Å². The fourth-order valence-electron chi connectivity index (χ4n) is 3.30. The number of guanidine groups is 1. The third kappa shape index (κ3) is 5.83. The molecule has 1 aliphatic heterocycles. The highest BCUT2D eigenvalue weighted by atomic mass is 127. The number of aromatic nitrogens is 1. The molecule has 1 aromatic heterocycles. The number of nitrogens with zero attached hydrogens (tertiary/aromatic N) is 2. The highest BCUT2D eigenvalue weighted by molar-refractivity contribution is 14.0. The predicted octanol–water partition coefficient (Wildman–Crippen LogP) is 4.89. The number of halogens is 1. The number of rotatable bonds is 5. The van der Waals surface area contributed by atoms with Gasteiger partial charge in [-0.05, 0) is 19.9 Å². The maximum atomic E-state index is 6.12. The van der Waals surface area contributed by atoms with Crippen molar-refractivity contribution in [2.45, 2.75) is 58.1 Å². The molecule has 0 amide bonds. The largest absolute Gasteiger partial charge is 0.487 e. The van der Waals surface area contributed by atoms with Gasteiger partial charge in [-0.15, -0.1) is 35.3 Å². The van der Waals surface area contributed by atoms with Crippen molar-refractivity contribution >= 4 is 41.3 Å². The van der Waals surface area contributed by atoms with E-state index in [1.165, 1.54) is 10.6 Å². The van der Waals surface area contributed by atoms with Crippen LogP contribution in [0.1, 0.15) is 62.3 Å². The van der Waals surface area contributed by atoms with Crippen LogP contribution in [0.2, 0.25) is 0 Å². The molecule has 0 bridgehead atoms. The van der Waals surface area contributed by atoms with Crippen molar-refractivity contribution in [3.8, 4) is 5.75 Å². The molecule has 0 saturated carbocycles. The van der Waals surface area contributed by atoms with Gasteiger partial charge in [0.15, 0.2) is 5.96 Å². The molecule has 1 unspecified atom stereocenters. The van der Waals surface area contributed by atoms with Gasteiger partial charge in [-0.3, -0.25) is 4.99 Å². The smallest absolute Gasteiger partial charge is 0.191 e. The van der Waals surface area contributed by atoms with E-state index in [0.29, 0.717) is 5.92 Å². The summed E-state index contributed by atoms with van der Waals surface area (Å²) >= 11 is 1.74. The lowest BCUT2D eigenvalue weighted by Gasteiger charge is -2.38. The molecule has 3 rings (SSSR count). The average Bonchev–Trinajstić information content (AvgIpc) is 3.09. The first-order valence-electron chi connectivity index (χ1n) is 9.57. The van der Waals surface area contributed by atoms with Crippen LogP contribution in [0.4, 0.5) is 0 Å². The van der Waals surface area contributed by atoms with Crippen LogP contribution in [0.25, 0.3) is 0 Å². The van der Waals surface area contributed by atoms with Crippen molar-refractivity contribution in [2.24, 2.45) is 4.99 Å². The summed E-state index contributed by atoms with van der Waals surface area (Å²) in [6.45, 7) is 9.42. The summed E-state index contributed by atoms with van der Waals surface area (Å²) < 4.78 is 6.12. The van der Waals surface area contributed by atoms with Gasteiger partial charge in [0.05, 0.1) is 16.7 Å². The Morgan fingerprint density at radius 2 is 2.11 bits per heavy atom. The third-order valence-corrected chi connectivity index (χ3v) is 5.84. The number of ether oxygens (including phenoxy) is 1. The van der Waals surface area contributed by atoms with E-state index in [1.54, 1.807) is 11.3 Å². The van der Waals surface area contributed by atoms with Gasteiger partial charge in [0.2, 0.25) is 0 Å². The number of nitrogens with one attached hydrogen (secondary N) is 2. The van der Waals surface area contributed by atoms with E-state index in [2.05, 4.69) is 60.8 Å². The molecule has 2 aromatic rings. The molecule has 0 fully saturated rings. The summed E-state index contributed by atoms with van der Waals surface area (Å²) in [7, 11) is 1.81. The van der Waals surface area contributed by atoms with Gasteiger partial charge >= 0.3 is 0 Å². The summed E-state index contributed by atoms with van der Waals surface area (Å²) in [5, 5.41) is 10.4. The van der Waals surface area contributed by atoms with Crippen LogP contribution in [-0.4, -0.2) is 30.1 Å². The summed E-state index contributed by atoms with van der Waals surface area (Å²) in [4.78, 5) is 9.10. The van der Waals surface area contributed by atoms with E-state index in [-0.39, 0.29) is 35.6 Å². The monoisotopic (exact) mass is 514 g/mol. The molecule has 1 atom stereocenters. The third-order valence-electron chi connectivity index (χ3n) is 4.65. The second kappa shape index (κ2) is 9.91. The molecular formula is C21H31IN4OS. The number of fused-ring (bicyclic) bond motifs is 1. The van der Waals surface area contributed by atoms with E-state index in [4.69, 9.17) is 9.72 Å². The highest BCUT2D eigenvalue weighted by Gasteiger charge is 2.33. The topological polar surface area (TPSA) is 58.5 Å². The number of hydrogen-bond donors (Lipinski definition) is 2. The van der Waals surface area contributed by atoms with Crippen LogP contribution in [0.5, 0.6) is 5.75 Å². The number of aliphatic imine (C=N–C) groups is 1. The molecule has 0 spiro atoms. The lowest BCUT2D eigenvalue weighted by atomic mass is 9.90. The standard InChI is InChI=1S/C21H30N4OS.HI/c1-14(2)19-24-15(13-27-19)10-11-23-20(22-5)25-17-12-21(3,4)26-18-9-7-6-8-16(17)18;/h6-9,13-14,17H,10-12H2,1-5H3,(H2,22,23,25);1H. The molecule has 7 heteroatoms. The molecule has 0 radical (unpaired) electrons. The highest BCUT2D eigenvalue weighted by Crippen LogP contribution is 2.39. The minimum absolute atomic E-state index is 0. The Labute approximate surface area is 189 Å². The van der Waals surface area contributed by atoms with E-state index in [0.717, 1.165) is 36.8 Å². The Hall–Kier alpha value is -1.35. The Bertz CT molecular complexity index is 803. The molecule has 154 valence electrons. The zero-order valence-corrected chi connectivity index (χ0v) is 20.4. The SMILES string of the molecule is CN=C(NCCc1csc(C(C)C)n1)NC1CC(C)(C)Oc2ccccc21.I. The number of benzene rings is 1. The van der Waals surface area contributed by atoms with Crippen molar-refractivity contribution in [3.63, 3.8) is 0 Å². The molecule has 1 aromatic carbocycles. The molecule has 2 N–H and O–H groups in total. The van der Waals surface area contributed by atoms with E-state index in [9.17, 15) is 0 Å². The van der Waals surface area contributed by atoms with Gasteiger partial charge < -0.3 is 15.4 Å². The van der Waals surface area contributed by atoms with Crippen molar-refractivity contribution in [3.05, 3.63) is 45.9 Å². The van der Waals surface area contributed by atoms with Crippen LogP contribution >= 0.6 is 35.3 Å². The van der Waals surface area contributed by atoms with Crippen LogP contribution in [-0.2, 0) is 6.42 Å². The van der Waals surface area contributed by atoms with Crippen molar-refractivity contribution in [1.82, 2.24) is 15.6 Å². The first-order chi connectivity index (χ1) is 12.9. The molecule has 5 nitrogen and oxygen atoms in total. The van der Waals surface area contributed by atoms with Crippen molar-refractivity contribution in [1.29, 1.82) is 0 Å². The Kier molecular flexibility index (Phi) is 8.12. The minimum Gasteiger partial charge on any atom is -0.487 e. The van der Waals surface area contributed by atoms with E-state index in [1.807, 2.05) is 19.2 Å². The zero-order chi connectivity index (χ0) is 19.4. The normalized spacial score (nSPS) is 18.1. The minimum atomic E-state index is -0.210. The van der Waals surface area contributed by atoms with E-state index < -0.39 is 0 Å². The fraction of sp³-hybridized carbons (Fsp3) is 0.524. The Morgan fingerprint density at radius 1 is 1.36 bits per heavy atom. The van der Waals surface area contributed by atoms with Crippen LogP contribution < -0.4 is 15.4 Å². The molecule has 1 aliphatic rings. The zero-order valence-electron chi connectivity index (χ0n) is 17.3. The summed E-state index contributed by atoms with van der Waals surface area (Å²) in [5.74, 6) is 2.25. The average molecular weight is 514 g/mol. The molecule has 28 heavy (non-hydrogen) atoms. The lowest BCUT2D eigenvalue weighted by molar-refractivity contribution is 0.0694. The van der Waals surface area contributed by atoms with Crippen molar-refractivity contribution < 1.29 is 4.74 Å². The predicted molar refractivity (Wildman–Crippen MR) is 128 cm³/mol. The van der Waals surface area contributed by atoms with Crippen LogP contribution in [0.3, 0.4) is 0 Å². The molecule has 0 saturated heterocycles. The molecular weight excluding hydrogens is 483 g/mol. The Morgan fingerprint density at radius 3 is 2.79 bits per heavy atom. The fourth-order valence-corrected chi connectivity index (χ4v) is 4.17. The van der Waals surface area contributed by atoms with Gasteiger partial charge in [0.25, 0.3) is 0 Å². The maximum Gasteiger partial charge on any atom is 0.191 e. The molecule has 2 heterocycles. The van der Waals surface area contributed by atoms with Gasteiger partial charge in [-0.25, -0.2) is 4.98 Å². The van der Waals surface area contributed by atoms with Gasteiger partial charge in [-0.2, -0.15) is 0 Å². The van der Waals surface area contributed by atoms with Crippen LogP contribution in [0, 0.1) is 0 Å².